The van der Waals surface area contributed by atoms with E-state index < -0.39 is 11.9 Å². The van der Waals surface area contributed by atoms with Gasteiger partial charge in [0.15, 0.2) is 0 Å². The van der Waals surface area contributed by atoms with E-state index in [1.807, 2.05) is 6.07 Å². The second-order valence-electron chi connectivity index (χ2n) is 4.46. The molecule has 0 saturated carbocycles. The van der Waals surface area contributed by atoms with E-state index in [2.05, 4.69) is 4.98 Å². The number of alkyl halides is 3. The highest BCUT2D eigenvalue weighted by molar-refractivity contribution is 5.55. The molecule has 0 bridgehead atoms. The predicted octanol–water partition coefficient (Wildman–Crippen LogP) is 1.79. The standard InChI is InChI=1S/C12H12F3N3O/c13-12(14,15)10-2-1-9(5-16)11(17-10)18-4-3-8(6-18)7-19/h1-2,8,19H,3-4,6-7H2. The van der Waals surface area contributed by atoms with Gasteiger partial charge in [0.2, 0.25) is 0 Å². The fourth-order valence-electron chi connectivity index (χ4n) is 2.11. The van der Waals surface area contributed by atoms with Gasteiger partial charge in [0.05, 0.1) is 5.56 Å². The number of anilines is 1. The van der Waals surface area contributed by atoms with Crippen LogP contribution in [0.2, 0.25) is 0 Å². The summed E-state index contributed by atoms with van der Waals surface area (Å²) in [6, 6.07) is 3.79. The van der Waals surface area contributed by atoms with Crippen LogP contribution in [-0.4, -0.2) is 29.8 Å². The summed E-state index contributed by atoms with van der Waals surface area (Å²) < 4.78 is 37.9. The Hall–Kier alpha value is -1.81. The molecule has 19 heavy (non-hydrogen) atoms. The third kappa shape index (κ3) is 2.79. The molecule has 1 unspecified atom stereocenters. The number of hydrogen-bond donors (Lipinski definition) is 1. The Morgan fingerprint density at radius 1 is 1.47 bits per heavy atom. The summed E-state index contributed by atoms with van der Waals surface area (Å²) in [7, 11) is 0. The maximum Gasteiger partial charge on any atom is 0.433 e. The first-order chi connectivity index (χ1) is 8.95. The number of pyridine rings is 1. The van der Waals surface area contributed by atoms with Crippen molar-refractivity contribution in [1.82, 2.24) is 4.98 Å². The summed E-state index contributed by atoms with van der Waals surface area (Å²) in [4.78, 5) is 5.18. The molecule has 1 aromatic heterocycles. The smallest absolute Gasteiger partial charge is 0.396 e. The van der Waals surface area contributed by atoms with Crippen LogP contribution in [0.25, 0.3) is 0 Å². The SMILES string of the molecule is N#Cc1ccc(C(F)(F)F)nc1N1CCC(CO)C1. The average Bonchev–Trinajstić information content (AvgIpc) is 2.85. The molecule has 102 valence electrons. The monoisotopic (exact) mass is 271 g/mol. The summed E-state index contributed by atoms with van der Waals surface area (Å²) in [5.41, 5.74) is -0.888. The van der Waals surface area contributed by atoms with Crippen LogP contribution in [0.3, 0.4) is 0 Å². The Bertz CT molecular complexity index is 510. The largest absolute Gasteiger partial charge is 0.433 e. The lowest BCUT2D eigenvalue weighted by Crippen LogP contribution is -2.24. The zero-order valence-corrected chi connectivity index (χ0v) is 9.98. The summed E-state index contributed by atoms with van der Waals surface area (Å²) in [6.45, 7) is 0.894. The van der Waals surface area contributed by atoms with Crippen molar-refractivity contribution in [2.24, 2.45) is 5.92 Å². The van der Waals surface area contributed by atoms with Gasteiger partial charge >= 0.3 is 6.18 Å². The molecule has 1 N–H and O–H groups in total. The molecule has 2 rings (SSSR count). The lowest BCUT2D eigenvalue weighted by molar-refractivity contribution is -0.141. The van der Waals surface area contributed by atoms with Crippen molar-refractivity contribution in [2.45, 2.75) is 12.6 Å². The molecular formula is C12H12F3N3O. The number of nitriles is 1. The molecule has 0 aliphatic carbocycles. The van der Waals surface area contributed by atoms with E-state index in [4.69, 9.17) is 10.4 Å². The van der Waals surface area contributed by atoms with Crippen molar-refractivity contribution in [3.8, 4) is 6.07 Å². The molecular weight excluding hydrogens is 259 g/mol. The van der Waals surface area contributed by atoms with E-state index >= 15 is 0 Å². The number of aliphatic hydroxyl groups excluding tert-OH is 1. The molecule has 0 aromatic carbocycles. The van der Waals surface area contributed by atoms with Crippen LogP contribution in [0.5, 0.6) is 0 Å². The van der Waals surface area contributed by atoms with Crippen LogP contribution in [0.4, 0.5) is 19.0 Å². The minimum absolute atomic E-state index is 0.0165. The fourth-order valence-corrected chi connectivity index (χ4v) is 2.11. The molecule has 1 aromatic rings. The Balaban J connectivity index is 2.35. The molecule has 4 nitrogen and oxygen atoms in total. The van der Waals surface area contributed by atoms with E-state index in [-0.39, 0.29) is 23.9 Å². The van der Waals surface area contributed by atoms with Gasteiger partial charge in [-0.05, 0) is 18.6 Å². The Morgan fingerprint density at radius 2 is 2.21 bits per heavy atom. The Kier molecular flexibility index (Phi) is 3.62. The first-order valence-corrected chi connectivity index (χ1v) is 5.80. The van der Waals surface area contributed by atoms with E-state index in [0.717, 1.165) is 12.1 Å². The maximum atomic E-state index is 12.6. The van der Waals surface area contributed by atoms with Crippen LogP contribution in [0.15, 0.2) is 12.1 Å². The van der Waals surface area contributed by atoms with Crippen LogP contribution in [0.1, 0.15) is 17.7 Å². The molecule has 0 amide bonds. The van der Waals surface area contributed by atoms with Gasteiger partial charge < -0.3 is 10.0 Å². The molecule has 1 atom stereocenters. The van der Waals surface area contributed by atoms with Gasteiger partial charge in [0, 0.05) is 25.6 Å². The minimum Gasteiger partial charge on any atom is -0.396 e. The maximum absolute atomic E-state index is 12.6. The molecule has 0 radical (unpaired) electrons. The molecule has 1 aliphatic heterocycles. The summed E-state index contributed by atoms with van der Waals surface area (Å²) >= 11 is 0. The molecule has 2 heterocycles. The lowest BCUT2D eigenvalue weighted by Gasteiger charge is -2.19. The average molecular weight is 271 g/mol. The molecule has 1 saturated heterocycles. The number of hydrogen-bond acceptors (Lipinski definition) is 4. The highest BCUT2D eigenvalue weighted by Gasteiger charge is 2.34. The van der Waals surface area contributed by atoms with Crippen LogP contribution in [0, 0.1) is 17.2 Å². The zero-order chi connectivity index (χ0) is 14.0. The van der Waals surface area contributed by atoms with Crippen molar-refractivity contribution in [1.29, 1.82) is 5.26 Å². The van der Waals surface area contributed by atoms with Crippen LogP contribution < -0.4 is 4.90 Å². The van der Waals surface area contributed by atoms with E-state index in [1.165, 1.54) is 0 Å². The summed E-state index contributed by atoms with van der Waals surface area (Å²) in [5.74, 6) is 0.0659. The van der Waals surface area contributed by atoms with Crippen molar-refractivity contribution in [3.05, 3.63) is 23.4 Å². The summed E-state index contributed by atoms with van der Waals surface area (Å²) in [5, 5.41) is 18.0. The Morgan fingerprint density at radius 3 is 2.74 bits per heavy atom. The van der Waals surface area contributed by atoms with Crippen molar-refractivity contribution >= 4 is 5.82 Å². The lowest BCUT2D eigenvalue weighted by atomic mass is 10.1. The normalized spacial score (nSPS) is 19.5. The quantitative estimate of drug-likeness (QED) is 0.891. The van der Waals surface area contributed by atoms with Crippen LogP contribution >= 0.6 is 0 Å². The number of aromatic nitrogens is 1. The van der Waals surface area contributed by atoms with Gasteiger partial charge in [-0.15, -0.1) is 0 Å². The third-order valence-electron chi connectivity index (χ3n) is 3.13. The fraction of sp³-hybridized carbons (Fsp3) is 0.500. The van der Waals surface area contributed by atoms with Gasteiger partial charge in [-0.1, -0.05) is 0 Å². The van der Waals surface area contributed by atoms with Crippen molar-refractivity contribution in [3.63, 3.8) is 0 Å². The molecule has 7 heteroatoms. The van der Waals surface area contributed by atoms with Crippen LogP contribution in [-0.2, 0) is 6.18 Å². The minimum atomic E-state index is -4.53. The highest BCUT2D eigenvalue weighted by Crippen LogP contribution is 2.32. The second-order valence-corrected chi connectivity index (χ2v) is 4.46. The molecule has 1 aliphatic rings. The van der Waals surface area contributed by atoms with Crippen molar-refractivity contribution in [2.75, 3.05) is 24.6 Å². The van der Waals surface area contributed by atoms with Crippen molar-refractivity contribution < 1.29 is 18.3 Å². The zero-order valence-electron chi connectivity index (χ0n) is 9.98. The van der Waals surface area contributed by atoms with Gasteiger partial charge in [0.1, 0.15) is 17.6 Å². The number of rotatable bonds is 2. The van der Waals surface area contributed by atoms with E-state index in [0.29, 0.717) is 19.5 Å². The topological polar surface area (TPSA) is 60.2 Å². The number of halogens is 3. The van der Waals surface area contributed by atoms with Gasteiger partial charge in [-0.25, -0.2) is 4.98 Å². The number of aliphatic hydroxyl groups is 1. The molecule has 1 fully saturated rings. The first kappa shape index (κ1) is 13.6. The van der Waals surface area contributed by atoms with E-state index in [1.54, 1.807) is 4.90 Å². The van der Waals surface area contributed by atoms with E-state index in [9.17, 15) is 13.2 Å². The second kappa shape index (κ2) is 5.05. The van der Waals surface area contributed by atoms with Gasteiger partial charge in [-0.3, -0.25) is 0 Å². The summed E-state index contributed by atoms with van der Waals surface area (Å²) in [6.07, 6.45) is -3.85. The first-order valence-electron chi connectivity index (χ1n) is 5.80. The number of nitrogens with zero attached hydrogens (tertiary/aromatic N) is 3. The third-order valence-corrected chi connectivity index (χ3v) is 3.13. The predicted molar refractivity (Wildman–Crippen MR) is 61.4 cm³/mol. The highest BCUT2D eigenvalue weighted by atomic mass is 19.4. The molecule has 0 spiro atoms. The van der Waals surface area contributed by atoms with Gasteiger partial charge in [-0.2, -0.15) is 18.4 Å². The Labute approximate surface area is 108 Å². The van der Waals surface area contributed by atoms with Gasteiger partial charge in [0.25, 0.3) is 0 Å².